The predicted octanol–water partition coefficient (Wildman–Crippen LogP) is 8.35. The molecule has 0 nitrogen and oxygen atoms in total. The van der Waals surface area contributed by atoms with Gasteiger partial charge in [0.2, 0.25) is 0 Å². The summed E-state index contributed by atoms with van der Waals surface area (Å²) in [6.07, 6.45) is 24.3. The minimum atomic E-state index is -0.107. The van der Waals surface area contributed by atoms with E-state index in [9.17, 15) is 4.39 Å². The normalized spacial score (nSPS) is 39.0. The molecule has 0 N–H and O–H groups in total. The maximum atomic E-state index is 12.4. The average Bonchev–Trinajstić information content (AvgIpc) is 2.72. The first-order valence-electron chi connectivity index (χ1n) is 12.4. The van der Waals surface area contributed by atoms with E-state index in [2.05, 4.69) is 6.92 Å². The van der Waals surface area contributed by atoms with Crippen molar-refractivity contribution in [2.45, 2.75) is 116 Å². The largest absolute Gasteiger partial charge is 0.251 e. The number of unbranched alkanes of at least 4 members (excludes halogenated alkanes) is 1. The van der Waals surface area contributed by atoms with Crippen LogP contribution in [-0.2, 0) is 0 Å². The third-order valence-corrected chi connectivity index (χ3v) is 8.64. The molecule has 0 aromatic rings. The van der Waals surface area contributed by atoms with Gasteiger partial charge in [-0.1, -0.05) is 51.9 Å². The van der Waals surface area contributed by atoms with Crippen molar-refractivity contribution in [1.82, 2.24) is 0 Å². The molecule has 0 aromatic carbocycles. The van der Waals surface area contributed by atoms with Gasteiger partial charge in [0.15, 0.2) is 0 Å². The Morgan fingerprint density at radius 1 is 0.538 bits per heavy atom. The summed E-state index contributed by atoms with van der Waals surface area (Å²) in [6.45, 7) is 2.23. The van der Waals surface area contributed by atoms with E-state index >= 15 is 0 Å². The molecule has 3 aliphatic carbocycles. The second-order valence-corrected chi connectivity index (χ2v) is 10.2. The summed E-state index contributed by atoms with van der Waals surface area (Å²) >= 11 is 0. The quantitative estimate of drug-likeness (QED) is 0.406. The zero-order chi connectivity index (χ0) is 18.2. The van der Waals surface area contributed by atoms with Crippen LogP contribution in [0.4, 0.5) is 4.39 Å². The Morgan fingerprint density at radius 2 is 0.885 bits per heavy atom. The number of hydrogen-bond acceptors (Lipinski definition) is 0. The molecule has 1 heteroatoms. The maximum Gasteiger partial charge on any atom is 0.0894 e. The Kier molecular flexibility index (Phi) is 8.79. The van der Waals surface area contributed by atoms with Crippen molar-refractivity contribution in [3.63, 3.8) is 0 Å². The third-order valence-electron chi connectivity index (χ3n) is 8.64. The van der Waals surface area contributed by atoms with Gasteiger partial charge in [0.1, 0.15) is 0 Å². The van der Waals surface area contributed by atoms with E-state index < -0.39 is 0 Å². The highest BCUT2D eigenvalue weighted by atomic mass is 19.1. The second kappa shape index (κ2) is 11.1. The molecule has 3 saturated carbocycles. The van der Waals surface area contributed by atoms with E-state index in [1.54, 1.807) is 12.8 Å². The van der Waals surface area contributed by atoms with Gasteiger partial charge in [-0.15, -0.1) is 0 Å². The zero-order valence-corrected chi connectivity index (χ0v) is 17.6. The van der Waals surface area contributed by atoms with Gasteiger partial charge in [-0.3, -0.25) is 4.39 Å². The summed E-state index contributed by atoms with van der Waals surface area (Å²) in [5.41, 5.74) is 0. The monoisotopic (exact) mass is 364 g/mol. The smallest absolute Gasteiger partial charge is 0.0894 e. The fraction of sp³-hybridized carbons (Fsp3) is 1.00. The van der Waals surface area contributed by atoms with E-state index in [1.165, 1.54) is 83.5 Å². The summed E-state index contributed by atoms with van der Waals surface area (Å²) in [7, 11) is 0. The lowest BCUT2D eigenvalue weighted by Crippen LogP contribution is -2.29. The van der Waals surface area contributed by atoms with Gasteiger partial charge in [-0.25, -0.2) is 0 Å². The summed E-state index contributed by atoms with van der Waals surface area (Å²) in [6, 6.07) is 0. The Morgan fingerprint density at radius 3 is 1.23 bits per heavy atom. The third kappa shape index (κ3) is 5.96. The van der Waals surface area contributed by atoms with Gasteiger partial charge in [-0.2, -0.15) is 0 Å². The average molecular weight is 365 g/mol. The van der Waals surface area contributed by atoms with E-state index in [1.807, 2.05) is 0 Å². The lowest BCUT2D eigenvalue weighted by molar-refractivity contribution is 0.102. The molecule has 0 aromatic heterocycles. The first kappa shape index (κ1) is 20.7. The SMILES string of the molecule is CCCCC1CCC(C2CCC(C3CCC(CCCF)CC3)CC2)CC1. The molecule has 0 unspecified atom stereocenters. The molecular weight excluding hydrogens is 319 g/mol. The Labute approximate surface area is 163 Å². The first-order valence-corrected chi connectivity index (χ1v) is 12.4. The van der Waals surface area contributed by atoms with Crippen LogP contribution in [-0.4, -0.2) is 6.67 Å². The number of halogens is 1. The van der Waals surface area contributed by atoms with Crippen LogP contribution in [0, 0.1) is 35.5 Å². The van der Waals surface area contributed by atoms with Crippen molar-refractivity contribution < 1.29 is 4.39 Å². The lowest BCUT2D eigenvalue weighted by Gasteiger charge is -2.41. The lowest BCUT2D eigenvalue weighted by atomic mass is 9.64. The molecule has 0 spiro atoms. The Hall–Kier alpha value is -0.0700. The summed E-state index contributed by atoms with van der Waals surface area (Å²) < 4.78 is 12.4. The van der Waals surface area contributed by atoms with Gasteiger partial charge in [0.05, 0.1) is 6.67 Å². The minimum Gasteiger partial charge on any atom is -0.251 e. The topological polar surface area (TPSA) is 0 Å². The van der Waals surface area contributed by atoms with E-state index in [0.29, 0.717) is 0 Å². The number of alkyl halides is 1. The minimum absolute atomic E-state index is 0.107. The van der Waals surface area contributed by atoms with Crippen molar-refractivity contribution in [3.8, 4) is 0 Å². The molecule has 0 bridgehead atoms. The van der Waals surface area contributed by atoms with Crippen LogP contribution in [0.2, 0.25) is 0 Å². The molecule has 0 amide bonds. The van der Waals surface area contributed by atoms with Gasteiger partial charge in [0, 0.05) is 0 Å². The second-order valence-electron chi connectivity index (χ2n) is 10.2. The van der Waals surface area contributed by atoms with Crippen LogP contribution in [0.1, 0.15) is 116 Å². The molecule has 152 valence electrons. The van der Waals surface area contributed by atoms with Gasteiger partial charge in [0.25, 0.3) is 0 Å². The highest BCUT2D eigenvalue weighted by Crippen LogP contribution is 2.46. The molecule has 3 fully saturated rings. The van der Waals surface area contributed by atoms with Crippen LogP contribution < -0.4 is 0 Å². The molecule has 3 aliphatic rings. The highest BCUT2D eigenvalue weighted by molar-refractivity contribution is 4.85. The predicted molar refractivity (Wildman–Crippen MR) is 111 cm³/mol. The van der Waals surface area contributed by atoms with E-state index in [-0.39, 0.29) is 6.67 Å². The standard InChI is InChI=1S/C25H45F/c1-2-3-5-20-7-11-22(12-8-20)24-15-17-25(18-16-24)23-13-9-21(10-14-23)6-4-19-26/h20-25H,2-19H2,1H3. The Bertz CT molecular complexity index is 318. The van der Waals surface area contributed by atoms with E-state index in [4.69, 9.17) is 0 Å². The molecule has 0 radical (unpaired) electrons. The molecule has 0 saturated heterocycles. The van der Waals surface area contributed by atoms with Crippen molar-refractivity contribution in [2.75, 3.05) is 6.67 Å². The van der Waals surface area contributed by atoms with Crippen molar-refractivity contribution in [3.05, 3.63) is 0 Å². The zero-order valence-electron chi connectivity index (χ0n) is 17.6. The molecule has 26 heavy (non-hydrogen) atoms. The van der Waals surface area contributed by atoms with Crippen LogP contribution >= 0.6 is 0 Å². The number of hydrogen-bond donors (Lipinski definition) is 0. The van der Waals surface area contributed by atoms with Crippen LogP contribution in [0.15, 0.2) is 0 Å². The van der Waals surface area contributed by atoms with Crippen LogP contribution in [0.5, 0.6) is 0 Å². The fourth-order valence-corrected chi connectivity index (χ4v) is 6.84. The highest BCUT2D eigenvalue weighted by Gasteiger charge is 2.34. The summed E-state index contributed by atoms with van der Waals surface area (Å²) in [5, 5.41) is 0. The fourth-order valence-electron chi connectivity index (χ4n) is 6.84. The molecule has 3 rings (SSSR count). The summed E-state index contributed by atoms with van der Waals surface area (Å²) in [5.74, 6) is 6.11. The van der Waals surface area contributed by atoms with Crippen molar-refractivity contribution in [2.24, 2.45) is 35.5 Å². The van der Waals surface area contributed by atoms with Gasteiger partial charge in [-0.05, 0) is 99.7 Å². The van der Waals surface area contributed by atoms with Crippen molar-refractivity contribution >= 4 is 0 Å². The Balaban J connectivity index is 1.32. The maximum absolute atomic E-state index is 12.4. The first-order chi connectivity index (χ1) is 12.8. The van der Waals surface area contributed by atoms with Crippen LogP contribution in [0.3, 0.4) is 0 Å². The molecule has 0 heterocycles. The van der Waals surface area contributed by atoms with Crippen LogP contribution in [0.25, 0.3) is 0 Å². The molecule has 0 aliphatic heterocycles. The van der Waals surface area contributed by atoms with Crippen molar-refractivity contribution in [1.29, 1.82) is 0 Å². The number of rotatable bonds is 8. The van der Waals surface area contributed by atoms with E-state index in [0.717, 1.165) is 48.3 Å². The van der Waals surface area contributed by atoms with Gasteiger partial charge >= 0.3 is 0 Å². The summed E-state index contributed by atoms with van der Waals surface area (Å²) in [4.78, 5) is 0. The molecule has 0 atom stereocenters. The molecular formula is C25H45F. The van der Waals surface area contributed by atoms with Gasteiger partial charge < -0.3 is 0 Å².